The van der Waals surface area contributed by atoms with Crippen LogP contribution in [-0.4, -0.2) is 64.9 Å². The molecule has 0 bridgehead atoms. The van der Waals surface area contributed by atoms with Crippen molar-refractivity contribution >= 4 is 11.5 Å². The van der Waals surface area contributed by atoms with Gasteiger partial charge in [-0.25, -0.2) is 4.98 Å². The number of anilines is 1. The summed E-state index contributed by atoms with van der Waals surface area (Å²) in [5.41, 5.74) is 2.17. The lowest BCUT2D eigenvalue weighted by Crippen LogP contribution is -2.34. The van der Waals surface area contributed by atoms with Gasteiger partial charge in [-0.3, -0.25) is 9.30 Å². The minimum absolute atomic E-state index is 0.415. The van der Waals surface area contributed by atoms with E-state index in [0.717, 1.165) is 49.9 Å². The third-order valence-corrected chi connectivity index (χ3v) is 5.45. The minimum Gasteiger partial charge on any atom is -0.383 e. The predicted molar refractivity (Wildman–Crippen MR) is 110 cm³/mol. The summed E-state index contributed by atoms with van der Waals surface area (Å²) >= 11 is 0. The van der Waals surface area contributed by atoms with Crippen LogP contribution in [0.3, 0.4) is 0 Å². The molecule has 0 amide bonds. The number of hydrogen-bond donors (Lipinski definition) is 0. The van der Waals surface area contributed by atoms with Crippen LogP contribution in [0.15, 0.2) is 42.7 Å². The van der Waals surface area contributed by atoms with E-state index in [1.807, 2.05) is 31.4 Å². The fourth-order valence-corrected chi connectivity index (χ4v) is 3.89. The fraction of sp³-hybridized carbons (Fsp3) is 0.476. The summed E-state index contributed by atoms with van der Waals surface area (Å²) in [6.07, 6.45) is 6.40. The lowest BCUT2D eigenvalue weighted by atomic mass is 9.97. The van der Waals surface area contributed by atoms with Crippen molar-refractivity contribution in [2.45, 2.75) is 25.3 Å². The molecule has 0 spiro atoms. The first kappa shape index (κ1) is 18.8. The lowest BCUT2D eigenvalue weighted by Gasteiger charge is -2.32. The Morgan fingerprint density at radius 1 is 1.21 bits per heavy atom. The molecule has 4 heterocycles. The number of fused-ring (bicyclic) bond motifs is 1. The molecule has 1 saturated heterocycles. The molecule has 7 nitrogen and oxygen atoms in total. The zero-order chi connectivity index (χ0) is 19.3. The van der Waals surface area contributed by atoms with Crippen LogP contribution in [0.5, 0.6) is 0 Å². The molecule has 1 aliphatic heterocycles. The summed E-state index contributed by atoms with van der Waals surface area (Å²) < 4.78 is 7.26. The van der Waals surface area contributed by atoms with Gasteiger partial charge in [0.1, 0.15) is 11.6 Å². The Labute approximate surface area is 166 Å². The molecule has 1 unspecified atom stereocenters. The van der Waals surface area contributed by atoms with Crippen molar-refractivity contribution in [3.63, 3.8) is 0 Å². The first-order chi connectivity index (χ1) is 13.7. The number of ether oxygens (including phenoxy) is 1. The van der Waals surface area contributed by atoms with Crippen molar-refractivity contribution in [1.29, 1.82) is 0 Å². The van der Waals surface area contributed by atoms with E-state index in [9.17, 15) is 0 Å². The van der Waals surface area contributed by atoms with Crippen LogP contribution in [0.2, 0.25) is 0 Å². The summed E-state index contributed by atoms with van der Waals surface area (Å²) in [5.74, 6) is 2.47. The Morgan fingerprint density at radius 2 is 2.14 bits per heavy atom. The second-order valence-corrected chi connectivity index (χ2v) is 7.50. The Kier molecular flexibility index (Phi) is 5.83. The summed E-state index contributed by atoms with van der Waals surface area (Å²) in [7, 11) is 3.76. The van der Waals surface area contributed by atoms with E-state index < -0.39 is 0 Å². The van der Waals surface area contributed by atoms with Crippen molar-refractivity contribution in [3.8, 4) is 0 Å². The topological polar surface area (TPSA) is 58.8 Å². The van der Waals surface area contributed by atoms with E-state index in [0.29, 0.717) is 12.5 Å². The quantitative estimate of drug-likeness (QED) is 0.628. The van der Waals surface area contributed by atoms with Gasteiger partial charge < -0.3 is 9.64 Å². The molecule has 7 heteroatoms. The zero-order valence-electron chi connectivity index (χ0n) is 16.7. The van der Waals surface area contributed by atoms with E-state index in [1.54, 1.807) is 7.11 Å². The van der Waals surface area contributed by atoms with Crippen molar-refractivity contribution in [2.75, 3.05) is 45.3 Å². The highest BCUT2D eigenvalue weighted by Gasteiger charge is 2.25. The van der Waals surface area contributed by atoms with Gasteiger partial charge in [0.25, 0.3) is 0 Å². The number of nitrogens with zero attached hydrogens (tertiary/aromatic N) is 6. The standard InChI is InChI=1S/C21H28N6O/c1-25(12-13-28-2)19-9-8-17(14-22-19)15-26-10-5-6-18(16-26)21-24-23-20-7-3-4-11-27(20)21/h3-4,7-9,11,14,18H,5-6,10,12-13,15-16H2,1-2H3. The first-order valence-corrected chi connectivity index (χ1v) is 9.91. The smallest absolute Gasteiger partial charge is 0.160 e. The molecule has 1 aliphatic rings. The number of aromatic nitrogens is 4. The maximum atomic E-state index is 5.14. The summed E-state index contributed by atoms with van der Waals surface area (Å²) in [5, 5.41) is 8.80. The highest BCUT2D eigenvalue weighted by molar-refractivity contribution is 5.39. The molecule has 4 rings (SSSR count). The van der Waals surface area contributed by atoms with Gasteiger partial charge in [0.15, 0.2) is 5.65 Å². The van der Waals surface area contributed by atoms with Crippen LogP contribution in [0.4, 0.5) is 5.82 Å². The maximum absolute atomic E-state index is 5.14. The van der Waals surface area contributed by atoms with Crippen LogP contribution < -0.4 is 4.90 Å². The van der Waals surface area contributed by atoms with E-state index >= 15 is 0 Å². The third kappa shape index (κ3) is 4.15. The number of piperidine rings is 1. The Bertz CT molecular complexity index is 893. The summed E-state index contributed by atoms with van der Waals surface area (Å²) in [6.45, 7) is 4.57. The molecule has 0 radical (unpaired) electrons. The summed E-state index contributed by atoms with van der Waals surface area (Å²) in [6, 6.07) is 10.3. The van der Waals surface area contributed by atoms with Crippen LogP contribution in [0.1, 0.15) is 30.1 Å². The Morgan fingerprint density at radius 3 is 2.96 bits per heavy atom. The number of methoxy groups -OCH3 is 1. The molecule has 1 atom stereocenters. The monoisotopic (exact) mass is 380 g/mol. The molecule has 0 aliphatic carbocycles. The van der Waals surface area contributed by atoms with Gasteiger partial charge in [0.2, 0.25) is 0 Å². The number of hydrogen-bond acceptors (Lipinski definition) is 6. The van der Waals surface area contributed by atoms with Crippen molar-refractivity contribution in [1.82, 2.24) is 24.5 Å². The van der Waals surface area contributed by atoms with Crippen molar-refractivity contribution in [3.05, 3.63) is 54.1 Å². The SMILES string of the molecule is COCCN(C)c1ccc(CN2CCCC(c3nnc4ccccn34)C2)cn1. The number of likely N-dealkylation sites (N-methyl/N-ethyl adjacent to an activating group) is 1. The minimum atomic E-state index is 0.415. The van der Waals surface area contributed by atoms with Gasteiger partial charge in [-0.1, -0.05) is 12.1 Å². The molecule has 148 valence electrons. The van der Waals surface area contributed by atoms with Gasteiger partial charge in [-0.15, -0.1) is 10.2 Å². The van der Waals surface area contributed by atoms with Gasteiger partial charge >= 0.3 is 0 Å². The van der Waals surface area contributed by atoms with E-state index in [2.05, 4.69) is 47.7 Å². The summed E-state index contributed by atoms with van der Waals surface area (Å²) in [4.78, 5) is 9.24. The average molecular weight is 380 g/mol. The second kappa shape index (κ2) is 8.67. The van der Waals surface area contributed by atoms with Gasteiger partial charge in [0.05, 0.1) is 6.61 Å². The molecule has 0 aromatic carbocycles. The Balaban J connectivity index is 1.40. The molecule has 1 fully saturated rings. The van der Waals surface area contributed by atoms with E-state index in [4.69, 9.17) is 4.74 Å². The second-order valence-electron chi connectivity index (χ2n) is 7.50. The molecule has 0 N–H and O–H groups in total. The van der Waals surface area contributed by atoms with Gasteiger partial charge in [-0.05, 0) is 43.1 Å². The van der Waals surface area contributed by atoms with Gasteiger partial charge in [-0.2, -0.15) is 0 Å². The molecular weight excluding hydrogens is 352 g/mol. The largest absolute Gasteiger partial charge is 0.383 e. The molecular formula is C21H28N6O. The predicted octanol–water partition coefficient (Wildman–Crippen LogP) is 2.59. The average Bonchev–Trinajstić information content (AvgIpc) is 3.17. The van der Waals surface area contributed by atoms with Crippen LogP contribution in [0.25, 0.3) is 5.65 Å². The lowest BCUT2D eigenvalue weighted by molar-refractivity contribution is 0.196. The van der Waals surface area contributed by atoms with E-state index in [1.165, 1.54) is 12.0 Å². The van der Waals surface area contributed by atoms with Crippen molar-refractivity contribution in [2.24, 2.45) is 0 Å². The zero-order valence-corrected chi connectivity index (χ0v) is 16.7. The highest BCUT2D eigenvalue weighted by Crippen LogP contribution is 2.27. The third-order valence-electron chi connectivity index (χ3n) is 5.45. The molecule has 0 saturated carbocycles. The van der Waals surface area contributed by atoms with Crippen molar-refractivity contribution < 1.29 is 4.74 Å². The Hall–Kier alpha value is -2.51. The van der Waals surface area contributed by atoms with Crippen LogP contribution >= 0.6 is 0 Å². The number of pyridine rings is 2. The highest BCUT2D eigenvalue weighted by atomic mass is 16.5. The number of likely N-dealkylation sites (tertiary alicyclic amines) is 1. The molecule has 3 aromatic heterocycles. The van der Waals surface area contributed by atoms with Gasteiger partial charge in [0, 0.05) is 52.1 Å². The fourth-order valence-electron chi connectivity index (χ4n) is 3.89. The molecule has 28 heavy (non-hydrogen) atoms. The molecule has 3 aromatic rings. The first-order valence-electron chi connectivity index (χ1n) is 9.91. The normalized spacial score (nSPS) is 17.9. The van der Waals surface area contributed by atoms with Crippen LogP contribution in [-0.2, 0) is 11.3 Å². The van der Waals surface area contributed by atoms with E-state index in [-0.39, 0.29) is 0 Å². The maximum Gasteiger partial charge on any atom is 0.160 e. The number of rotatable bonds is 7. The van der Waals surface area contributed by atoms with Crippen LogP contribution in [0, 0.1) is 0 Å².